The van der Waals surface area contributed by atoms with Crippen molar-refractivity contribution in [2.45, 2.75) is 76.8 Å². The maximum absolute atomic E-state index is 13.4. The molecule has 2 aromatic rings. The molecule has 2 aromatic carbocycles. The summed E-state index contributed by atoms with van der Waals surface area (Å²) >= 11 is 6.30. The number of carbonyl (C=O) groups excluding carboxylic acids is 1. The van der Waals surface area contributed by atoms with Gasteiger partial charge in [0.15, 0.2) is 0 Å². The van der Waals surface area contributed by atoms with Crippen LogP contribution in [0.25, 0.3) is 0 Å². The number of fused-ring (bicyclic) bond motifs is 3. The zero-order valence-electron chi connectivity index (χ0n) is 23.9. The fourth-order valence-corrected chi connectivity index (χ4v) is 8.16. The predicted octanol–water partition coefficient (Wildman–Crippen LogP) is 5.88. The molecule has 0 radical (unpaired) electrons. The molecule has 2 N–H and O–H groups in total. The van der Waals surface area contributed by atoms with Gasteiger partial charge in [0.2, 0.25) is 10.0 Å². The number of hydrogen-bond donors (Lipinski definition) is 2. The number of sulfonamides is 1. The van der Waals surface area contributed by atoms with E-state index in [0.717, 1.165) is 56.4 Å². The first kappa shape index (κ1) is 29.9. The Morgan fingerprint density at radius 2 is 1.85 bits per heavy atom. The topological polar surface area (TPSA) is 95.9 Å². The van der Waals surface area contributed by atoms with Crippen LogP contribution in [-0.2, 0) is 23.1 Å². The van der Waals surface area contributed by atoms with E-state index in [4.69, 9.17) is 16.3 Å². The van der Waals surface area contributed by atoms with Crippen molar-refractivity contribution in [1.82, 2.24) is 4.72 Å². The van der Waals surface area contributed by atoms with Gasteiger partial charge < -0.3 is 14.7 Å². The van der Waals surface area contributed by atoms with Crippen LogP contribution in [0.1, 0.15) is 73.9 Å². The number of carbonyl (C=O) groups is 1. The van der Waals surface area contributed by atoms with Crippen LogP contribution >= 0.6 is 11.6 Å². The van der Waals surface area contributed by atoms with Crippen molar-refractivity contribution < 1.29 is 23.1 Å². The van der Waals surface area contributed by atoms with E-state index in [1.165, 1.54) is 5.56 Å². The number of rotatable bonds is 1. The molecule has 5 rings (SSSR count). The minimum atomic E-state index is -3.94. The molecule has 4 atom stereocenters. The van der Waals surface area contributed by atoms with Crippen LogP contribution in [-0.4, -0.2) is 43.9 Å². The van der Waals surface area contributed by atoms with Crippen LogP contribution in [0.2, 0.25) is 5.02 Å². The van der Waals surface area contributed by atoms with E-state index >= 15 is 0 Å². The fourth-order valence-electron chi connectivity index (χ4n) is 6.35. The average Bonchev–Trinajstić information content (AvgIpc) is 2.93. The lowest BCUT2D eigenvalue weighted by atomic mass is 9.69. The molecule has 0 spiro atoms. The third-order valence-corrected chi connectivity index (χ3v) is 11.2. The number of aryl methyl sites for hydroxylation is 1. The first-order chi connectivity index (χ1) is 19.6. The fraction of sp³-hybridized carbons (Fsp3) is 0.531. The van der Waals surface area contributed by atoms with Gasteiger partial charge in [-0.1, -0.05) is 43.7 Å². The first-order valence-electron chi connectivity index (χ1n) is 14.8. The quantitative estimate of drug-likeness (QED) is 0.397. The second-order valence-electron chi connectivity index (χ2n) is 12.1. The lowest BCUT2D eigenvalue weighted by Gasteiger charge is -2.43. The van der Waals surface area contributed by atoms with Gasteiger partial charge in [-0.2, -0.15) is 0 Å². The highest BCUT2D eigenvalue weighted by atomic mass is 35.5. The number of hydrogen-bond acceptors (Lipinski definition) is 6. The molecule has 9 heteroatoms. The lowest BCUT2D eigenvalue weighted by Crippen LogP contribution is -2.44. The summed E-state index contributed by atoms with van der Waals surface area (Å²) in [7, 11) is -3.94. The lowest BCUT2D eigenvalue weighted by molar-refractivity contribution is 0.0180. The number of aliphatic hydroxyl groups is 1. The maximum Gasteiger partial charge on any atom is 0.264 e. The summed E-state index contributed by atoms with van der Waals surface area (Å²) in [5.74, 6) is 0.312. The van der Waals surface area contributed by atoms with E-state index in [9.17, 15) is 18.3 Å². The molecule has 2 heterocycles. The summed E-state index contributed by atoms with van der Waals surface area (Å²) in [5, 5.41) is 11.0. The number of nitrogens with zero attached hydrogens (tertiary/aromatic N) is 1. The Bertz CT molecular complexity index is 1390. The van der Waals surface area contributed by atoms with Gasteiger partial charge in [0.05, 0.1) is 17.0 Å². The van der Waals surface area contributed by atoms with Gasteiger partial charge in [0, 0.05) is 23.7 Å². The zero-order valence-corrected chi connectivity index (χ0v) is 25.5. The second kappa shape index (κ2) is 12.8. The summed E-state index contributed by atoms with van der Waals surface area (Å²) < 4.78 is 35.3. The molecule has 1 fully saturated rings. The zero-order chi connectivity index (χ0) is 29.1. The molecule has 1 saturated carbocycles. The molecular formula is C32H41ClN2O5S. The van der Waals surface area contributed by atoms with Crippen LogP contribution in [0.15, 0.2) is 48.6 Å². The van der Waals surface area contributed by atoms with Crippen molar-refractivity contribution in [3.63, 3.8) is 0 Å². The summed E-state index contributed by atoms with van der Waals surface area (Å²) in [6.07, 6.45) is 8.81. The Kier molecular flexibility index (Phi) is 9.31. The number of halogens is 1. The van der Waals surface area contributed by atoms with Gasteiger partial charge in [0.1, 0.15) is 12.4 Å². The molecule has 3 aliphatic rings. The van der Waals surface area contributed by atoms with Crippen molar-refractivity contribution in [1.29, 1.82) is 0 Å². The highest BCUT2D eigenvalue weighted by Gasteiger charge is 2.37. The second-order valence-corrected chi connectivity index (χ2v) is 14.4. The van der Waals surface area contributed by atoms with Crippen molar-refractivity contribution >= 4 is 33.2 Å². The summed E-state index contributed by atoms with van der Waals surface area (Å²) in [6.45, 7) is 5.54. The monoisotopic (exact) mass is 600 g/mol. The van der Waals surface area contributed by atoms with Gasteiger partial charge in [-0.05, 0) is 104 Å². The van der Waals surface area contributed by atoms with Crippen LogP contribution in [0.3, 0.4) is 0 Å². The summed E-state index contributed by atoms with van der Waals surface area (Å²) in [4.78, 5) is 15.6. The van der Waals surface area contributed by atoms with E-state index in [1.807, 2.05) is 44.2 Å². The van der Waals surface area contributed by atoms with Gasteiger partial charge in [0.25, 0.3) is 5.91 Å². The predicted molar refractivity (Wildman–Crippen MR) is 163 cm³/mol. The van der Waals surface area contributed by atoms with Crippen molar-refractivity contribution in [3.05, 3.63) is 70.3 Å². The molecule has 1 amide bonds. The third-order valence-electron chi connectivity index (χ3n) is 8.95. The van der Waals surface area contributed by atoms with Crippen LogP contribution in [0.5, 0.6) is 5.75 Å². The molecule has 0 unspecified atom stereocenters. The minimum Gasteiger partial charge on any atom is -0.487 e. The van der Waals surface area contributed by atoms with E-state index < -0.39 is 27.3 Å². The number of amides is 1. The molecule has 2 bridgehead atoms. The highest BCUT2D eigenvalue weighted by molar-refractivity contribution is 7.90. The Hall–Kier alpha value is -2.55. The minimum absolute atomic E-state index is 0.178. The average molecular weight is 601 g/mol. The van der Waals surface area contributed by atoms with Crippen molar-refractivity contribution in [2.24, 2.45) is 17.8 Å². The number of anilines is 1. The molecule has 0 saturated heterocycles. The normalized spacial score (nSPS) is 27.7. The summed E-state index contributed by atoms with van der Waals surface area (Å²) in [6, 6.07) is 11.1. The smallest absolute Gasteiger partial charge is 0.264 e. The molecule has 0 aromatic heterocycles. The molecule has 2 aliphatic heterocycles. The third kappa shape index (κ3) is 6.92. The largest absolute Gasteiger partial charge is 0.487 e. The number of nitrogens with one attached hydrogen (secondary N) is 1. The van der Waals surface area contributed by atoms with Crippen molar-refractivity contribution in [2.75, 3.05) is 18.0 Å². The number of allylic oxidation sites excluding steroid dienone is 1. The Balaban J connectivity index is 1.54. The number of ether oxygens (including phenoxy) is 1. The van der Waals surface area contributed by atoms with Gasteiger partial charge in [-0.3, -0.25) is 4.79 Å². The Morgan fingerprint density at radius 1 is 1.05 bits per heavy atom. The Labute approximate surface area is 249 Å². The van der Waals surface area contributed by atoms with Crippen LogP contribution in [0.4, 0.5) is 5.69 Å². The number of aliphatic hydroxyl groups excluding tert-OH is 1. The number of benzene rings is 2. The SMILES string of the molecule is CC(C)[C@H]1C/C=C\C[C@H](O)[C@@H]2CC[C@H]2CN2CCCCc3cc(Cl)ccc3COc3ccc(cc32)C(=O)NS1(=O)=O. The van der Waals surface area contributed by atoms with E-state index in [-0.39, 0.29) is 23.8 Å². The molecule has 7 nitrogen and oxygen atoms in total. The molecule has 1 aliphatic carbocycles. The first-order valence-corrected chi connectivity index (χ1v) is 16.7. The van der Waals surface area contributed by atoms with Crippen LogP contribution < -0.4 is 14.4 Å². The van der Waals surface area contributed by atoms with E-state index in [0.29, 0.717) is 29.7 Å². The maximum atomic E-state index is 13.4. The standard InChI is InChI=1S/C32H41ClN2O5S/c1-21(2)31-9-4-3-8-29(36)27-14-11-24(27)19-35-16-6-5-7-22-17-26(33)13-10-25(22)20-40-30-15-12-23(18-28(30)35)32(37)34-41(31,38)39/h3-4,10,12-13,15,17-18,21,24,27,29,31,36H,5-9,11,14,16,19-20H2,1-2H3,(H,34,37)/b4-3-/t24-,27+,29-,31+/m0/s1. The van der Waals surface area contributed by atoms with Crippen molar-refractivity contribution in [3.8, 4) is 5.75 Å². The van der Waals surface area contributed by atoms with Gasteiger partial charge >= 0.3 is 0 Å². The summed E-state index contributed by atoms with van der Waals surface area (Å²) in [5.41, 5.74) is 3.30. The van der Waals surface area contributed by atoms with Gasteiger partial charge in [-0.25, -0.2) is 13.1 Å². The van der Waals surface area contributed by atoms with Crippen LogP contribution in [0, 0.1) is 17.8 Å². The molecular weight excluding hydrogens is 560 g/mol. The van der Waals surface area contributed by atoms with E-state index in [1.54, 1.807) is 18.2 Å². The molecule has 222 valence electrons. The Morgan fingerprint density at radius 3 is 2.61 bits per heavy atom. The van der Waals surface area contributed by atoms with Gasteiger partial charge in [-0.15, -0.1) is 0 Å². The molecule has 41 heavy (non-hydrogen) atoms. The van der Waals surface area contributed by atoms with E-state index in [2.05, 4.69) is 9.62 Å². The highest BCUT2D eigenvalue weighted by Crippen LogP contribution is 2.41.